The minimum Gasteiger partial charge on any atom is -0.489 e. The van der Waals surface area contributed by atoms with Gasteiger partial charge in [-0.3, -0.25) is 0 Å². The summed E-state index contributed by atoms with van der Waals surface area (Å²) in [6.07, 6.45) is -0.820. The van der Waals surface area contributed by atoms with Gasteiger partial charge in [0.25, 0.3) is 0 Å². The Bertz CT molecular complexity index is 607. The summed E-state index contributed by atoms with van der Waals surface area (Å²) in [5.74, 6) is 0.944. The number of para-hydroxylation sites is 2. The highest BCUT2D eigenvalue weighted by atomic mass is 35.5. The first-order valence-corrected chi connectivity index (χ1v) is 7.05. The minimum atomic E-state index is -0.820. The van der Waals surface area contributed by atoms with Crippen LogP contribution in [-0.2, 0) is 0 Å². The average Bonchev–Trinajstić information content (AvgIpc) is 2.48. The lowest BCUT2D eigenvalue weighted by molar-refractivity contribution is 0.0629. The first-order chi connectivity index (χ1) is 10.1. The maximum atomic E-state index is 9.86. The SMILES string of the molecule is Nc1ccccc1OCC(O)COc1cccc(Cl)c1Cl. The summed E-state index contributed by atoms with van der Waals surface area (Å²) in [6.45, 7) is 0.0964. The minimum absolute atomic E-state index is 0.0345. The summed E-state index contributed by atoms with van der Waals surface area (Å²) >= 11 is 11.9. The summed E-state index contributed by atoms with van der Waals surface area (Å²) in [6, 6.07) is 12.1. The zero-order valence-electron chi connectivity index (χ0n) is 11.1. The Kier molecular flexibility index (Phi) is 5.56. The van der Waals surface area contributed by atoms with Gasteiger partial charge in [0.15, 0.2) is 0 Å². The second kappa shape index (κ2) is 7.41. The molecule has 0 saturated carbocycles. The molecule has 0 bridgehead atoms. The number of hydrogen-bond donors (Lipinski definition) is 2. The zero-order valence-corrected chi connectivity index (χ0v) is 12.6. The Morgan fingerprint density at radius 3 is 2.29 bits per heavy atom. The predicted octanol–water partition coefficient (Wildman–Crippen LogP) is 3.39. The smallest absolute Gasteiger partial charge is 0.142 e. The first-order valence-electron chi connectivity index (χ1n) is 6.30. The van der Waals surface area contributed by atoms with Gasteiger partial charge >= 0.3 is 0 Å². The third-order valence-corrected chi connectivity index (χ3v) is 3.50. The number of hydrogen-bond acceptors (Lipinski definition) is 4. The molecule has 0 spiro atoms. The molecule has 6 heteroatoms. The Labute approximate surface area is 133 Å². The molecule has 21 heavy (non-hydrogen) atoms. The maximum Gasteiger partial charge on any atom is 0.142 e. The topological polar surface area (TPSA) is 64.7 Å². The van der Waals surface area contributed by atoms with Crippen molar-refractivity contribution in [1.82, 2.24) is 0 Å². The third-order valence-electron chi connectivity index (χ3n) is 2.70. The third kappa shape index (κ3) is 4.43. The fourth-order valence-electron chi connectivity index (χ4n) is 1.63. The number of ether oxygens (including phenoxy) is 2. The summed E-state index contributed by atoms with van der Waals surface area (Å²) < 4.78 is 10.8. The zero-order chi connectivity index (χ0) is 15.2. The van der Waals surface area contributed by atoms with Crippen molar-refractivity contribution in [2.45, 2.75) is 6.10 Å². The van der Waals surface area contributed by atoms with Crippen LogP contribution in [0.1, 0.15) is 0 Å². The van der Waals surface area contributed by atoms with Crippen molar-refractivity contribution in [1.29, 1.82) is 0 Å². The number of aliphatic hydroxyl groups is 1. The van der Waals surface area contributed by atoms with Crippen LogP contribution in [0.5, 0.6) is 11.5 Å². The Morgan fingerprint density at radius 2 is 1.57 bits per heavy atom. The van der Waals surface area contributed by atoms with Gasteiger partial charge < -0.3 is 20.3 Å². The number of rotatable bonds is 6. The highest BCUT2D eigenvalue weighted by Crippen LogP contribution is 2.31. The molecule has 0 fully saturated rings. The molecule has 112 valence electrons. The molecule has 2 aromatic rings. The summed E-state index contributed by atoms with van der Waals surface area (Å²) in [7, 11) is 0. The normalized spacial score (nSPS) is 12.0. The number of nitrogen functional groups attached to an aromatic ring is 1. The first kappa shape index (κ1) is 15.8. The number of benzene rings is 2. The van der Waals surface area contributed by atoms with E-state index in [1.807, 2.05) is 6.07 Å². The van der Waals surface area contributed by atoms with Crippen LogP contribution < -0.4 is 15.2 Å². The molecular weight excluding hydrogens is 313 g/mol. The van der Waals surface area contributed by atoms with Crippen LogP contribution in [0.15, 0.2) is 42.5 Å². The molecule has 0 radical (unpaired) electrons. The van der Waals surface area contributed by atoms with Crippen molar-refractivity contribution in [3.8, 4) is 11.5 Å². The summed E-state index contributed by atoms with van der Waals surface area (Å²) in [5, 5.41) is 10.6. The lowest BCUT2D eigenvalue weighted by Crippen LogP contribution is -2.25. The summed E-state index contributed by atoms with van der Waals surface area (Å²) in [5.41, 5.74) is 6.26. The largest absolute Gasteiger partial charge is 0.489 e. The number of aliphatic hydroxyl groups excluding tert-OH is 1. The Hall–Kier alpha value is -1.62. The van der Waals surface area contributed by atoms with Gasteiger partial charge in [-0.2, -0.15) is 0 Å². The van der Waals surface area contributed by atoms with Crippen molar-refractivity contribution in [3.63, 3.8) is 0 Å². The van der Waals surface area contributed by atoms with Crippen LogP contribution in [0, 0.1) is 0 Å². The molecule has 0 aliphatic heterocycles. The van der Waals surface area contributed by atoms with Gasteiger partial charge in [0.2, 0.25) is 0 Å². The maximum absolute atomic E-state index is 9.86. The van der Waals surface area contributed by atoms with Crippen LogP contribution in [0.2, 0.25) is 10.0 Å². The summed E-state index contributed by atoms with van der Waals surface area (Å²) in [4.78, 5) is 0. The van der Waals surface area contributed by atoms with Crippen LogP contribution in [0.3, 0.4) is 0 Å². The molecule has 0 aliphatic rings. The molecule has 0 amide bonds. The second-order valence-corrected chi connectivity index (χ2v) is 5.15. The number of anilines is 1. The molecule has 2 rings (SSSR count). The molecule has 0 aromatic heterocycles. The van der Waals surface area contributed by atoms with Crippen LogP contribution >= 0.6 is 23.2 Å². The predicted molar refractivity (Wildman–Crippen MR) is 84.3 cm³/mol. The van der Waals surface area contributed by atoms with E-state index in [1.165, 1.54) is 0 Å². The molecule has 0 heterocycles. The van der Waals surface area contributed by atoms with Crippen LogP contribution in [0.25, 0.3) is 0 Å². The van der Waals surface area contributed by atoms with Gasteiger partial charge in [0, 0.05) is 0 Å². The molecule has 0 aliphatic carbocycles. The molecule has 4 nitrogen and oxygen atoms in total. The highest BCUT2D eigenvalue weighted by molar-refractivity contribution is 6.42. The van der Waals surface area contributed by atoms with Gasteiger partial charge in [-0.05, 0) is 24.3 Å². The van der Waals surface area contributed by atoms with E-state index in [0.29, 0.717) is 27.2 Å². The van der Waals surface area contributed by atoms with Crippen molar-refractivity contribution in [2.24, 2.45) is 0 Å². The van der Waals surface area contributed by atoms with E-state index in [0.717, 1.165) is 0 Å². The quantitative estimate of drug-likeness (QED) is 0.798. The van der Waals surface area contributed by atoms with Crippen molar-refractivity contribution in [3.05, 3.63) is 52.5 Å². The van der Waals surface area contributed by atoms with Gasteiger partial charge in [-0.15, -0.1) is 0 Å². The molecule has 0 saturated heterocycles. The Balaban J connectivity index is 1.84. The van der Waals surface area contributed by atoms with Crippen molar-refractivity contribution in [2.75, 3.05) is 18.9 Å². The Morgan fingerprint density at radius 1 is 0.952 bits per heavy atom. The lowest BCUT2D eigenvalue weighted by atomic mass is 10.3. The van der Waals surface area contributed by atoms with Gasteiger partial charge in [0.05, 0.1) is 10.7 Å². The van der Waals surface area contributed by atoms with E-state index in [-0.39, 0.29) is 13.2 Å². The monoisotopic (exact) mass is 327 g/mol. The van der Waals surface area contributed by atoms with E-state index >= 15 is 0 Å². The van der Waals surface area contributed by atoms with Crippen molar-refractivity contribution < 1.29 is 14.6 Å². The average molecular weight is 328 g/mol. The molecular formula is C15H15Cl2NO3. The van der Waals surface area contributed by atoms with E-state index < -0.39 is 6.10 Å². The van der Waals surface area contributed by atoms with E-state index in [4.69, 9.17) is 38.4 Å². The van der Waals surface area contributed by atoms with Gasteiger partial charge in [-0.1, -0.05) is 41.4 Å². The molecule has 1 unspecified atom stereocenters. The van der Waals surface area contributed by atoms with E-state index in [2.05, 4.69) is 0 Å². The van der Waals surface area contributed by atoms with Crippen LogP contribution in [0.4, 0.5) is 5.69 Å². The fraction of sp³-hybridized carbons (Fsp3) is 0.200. The standard InChI is InChI=1S/C15H15Cl2NO3/c16-11-4-3-7-14(15(11)17)21-9-10(19)8-20-13-6-2-1-5-12(13)18/h1-7,10,19H,8-9,18H2. The van der Waals surface area contributed by atoms with Crippen LogP contribution in [-0.4, -0.2) is 24.4 Å². The number of halogens is 2. The molecule has 1 atom stereocenters. The highest BCUT2D eigenvalue weighted by Gasteiger charge is 2.10. The number of nitrogens with two attached hydrogens (primary N) is 1. The molecule has 3 N–H and O–H groups in total. The van der Waals surface area contributed by atoms with Gasteiger partial charge in [-0.25, -0.2) is 0 Å². The fourth-order valence-corrected chi connectivity index (χ4v) is 1.97. The lowest BCUT2D eigenvalue weighted by Gasteiger charge is -2.15. The second-order valence-electron chi connectivity index (χ2n) is 4.37. The molecule has 2 aromatic carbocycles. The van der Waals surface area contributed by atoms with Gasteiger partial charge in [0.1, 0.15) is 35.8 Å². The van der Waals surface area contributed by atoms with E-state index in [9.17, 15) is 5.11 Å². The van der Waals surface area contributed by atoms with Crippen molar-refractivity contribution >= 4 is 28.9 Å². The van der Waals surface area contributed by atoms with E-state index in [1.54, 1.807) is 36.4 Å².